The number of piperidine rings is 1. The Kier molecular flexibility index (Phi) is 4.67. The van der Waals surface area contributed by atoms with Gasteiger partial charge in [-0.05, 0) is 37.8 Å². The first-order chi connectivity index (χ1) is 11.8. The number of likely N-dealkylation sites (tertiary alicyclic amines) is 1. The molecule has 2 aliphatic heterocycles. The van der Waals surface area contributed by atoms with Crippen LogP contribution in [-0.4, -0.2) is 42.2 Å². The third-order valence-corrected chi connectivity index (χ3v) is 6.06. The molecule has 5 nitrogen and oxygen atoms in total. The molecule has 3 heterocycles. The summed E-state index contributed by atoms with van der Waals surface area (Å²) in [7, 11) is 0. The van der Waals surface area contributed by atoms with Crippen LogP contribution in [-0.2, 0) is 4.74 Å². The van der Waals surface area contributed by atoms with Crippen LogP contribution in [0.3, 0.4) is 0 Å². The molecule has 1 N–H and O–H groups in total. The number of fused-ring (bicyclic) bond motifs is 1. The Morgan fingerprint density at radius 1 is 1.33 bits per heavy atom. The van der Waals surface area contributed by atoms with Crippen LogP contribution < -0.4 is 5.32 Å². The zero-order valence-corrected chi connectivity index (χ0v) is 14.6. The van der Waals surface area contributed by atoms with Crippen LogP contribution in [0.4, 0.5) is 4.79 Å². The third kappa shape index (κ3) is 3.26. The van der Waals surface area contributed by atoms with Gasteiger partial charge in [0, 0.05) is 25.6 Å². The van der Waals surface area contributed by atoms with Gasteiger partial charge in [0.15, 0.2) is 0 Å². The lowest BCUT2D eigenvalue weighted by Crippen LogP contribution is -2.45. The Morgan fingerprint density at radius 3 is 3.08 bits per heavy atom. The maximum Gasteiger partial charge on any atom is 0.318 e. The molecule has 0 aliphatic carbocycles. The minimum atomic E-state index is 0.0471. The summed E-state index contributed by atoms with van der Waals surface area (Å²) in [6.07, 6.45) is 4.27. The summed E-state index contributed by atoms with van der Waals surface area (Å²) < 4.78 is 6.58. The van der Waals surface area contributed by atoms with E-state index in [0.717, 1.165) is 56.0 Å². The average Bonchev–Trinajstić information content (AvgIpc) is 3.29. The second kappa shape index (κ2) is 7.07. The molecule has 2 saturated heterocycles. The van der Waals surface area contributed by atoms with Crippen LogP contribution >= 0.6 is 11.3 Å². The van der Waals surface area contributed by atoms with Crippen LogP contribution in [0.2, 0.25) is 0 Å². The van der Waals surface area contributed by atoms with Gasteiger partial charge < -0.3 is 15.0 Å². The highest BCUT2D eigenvalue weighted by Gasteiger charge is 2.30. The van der Waals surface area contributed by atoms with Crippen molar-refractivity contribution in [1.29, 1.82) is 0 Å². The van der Waals surface area contributed by atoms with Gasteiger partial charge in [0.1, 0.15) is 5.01 Å². The molecule has 6 heteroatoms. The maximum absolute atomic E-state index is 12.7. The van der Waals surface area contributed by atoms with Crippen molar-refractivity contribution < 1.29 is 9.53 Å². The van der Waals surface area contributed by atoms with Gasteiger partial charge >= 0.3 is 6.03 Å². The molecule has 2 aromatic rings. The Bertz CT molecular complexity index is 678. The van der Waals surface area contributed by atoms with Crippen molar-refractivity contribution in [3.63, 3.8) is 0 Å². The van der Waals surface area contributed by atoms with Gasteiger partial charge in [0.05, 0.1) is 22.9 Å². The number of para-hydroxylation sites is 1. The molecule has 1 aromatic carbocycles. The van der Waals surface area contributed by atoms with E-state index in [1.165, 1.54) is 4.70 Å². The Balaban J connectivity index is 1.48. The molecule has 1 aromatic heterocycles. The molecule has 24 heavy (non-hydrogen) atoms. The molecule has 0 radical (unpaired) electrons. The molecule has 0 saturated carbocycles. The van der Waals surface area contributed by atoms with E-state index in [4.69, 9.17) is 9.72 Å². The second-order valence-corrected chi connectivity index (χ2v) is 7.70. The fourth-order valence-corrected chi connectivity index (χ4v) is 4.66. The number of thiazole rings is 1. The first kappa shape index (κ1) is 15.8. The number of urea groups is 1. The van der Waals surface area contributed by atoms with Crippen molar-refractivity contribution in [2.24, 2.45) is 5.92 Å². The summed E-state index contributed by atoms with van der Waals surface area (Å²) in [6, 6.07) is 8.36. The fraction of sp³-hybridized carbons (Fsp3) is 0.556. The smallest absolute Gasteiger partial charge is 0.318 e. The normalized spacial score (nSPS) is 24.4. The number of aromatic nitrogens is 1. The summed E-state index contributed by atoms with van der Waals surface area (Å²) in [5.41, 5.74) is 1.03. The largest absolute Gasteiger partial charge is 0.381 e. The third-order valence-electron chi connectivity index (χ3n) is 4.93. The quantitative estimate of drug-likeness (QED) is 0.925. The standard InChI is InChI=1S/C18H23N3O2S/c22-18(19-11-13-8-10-23-12-13)21-9-4-3-6-15(21)17-20-14-5-1-2-7-16(14)24-17/h1-2,5,7,13,15H,3-4,6,8-12H2,(H,19,22)/t13-,15-/m0/s1. The first-order valence-electron chi connectivity index (χ1n) is 8.79. The van der Waals surface area contributed by atoms with Gasteiger partial charge in [0.25, 0.3) is 0 Å². The van der Waals surface area contributed by atoms with Gasteiger partial charge in [-0.2, -0.15) is 0 Å². The zero-order chi connectivity index (χ0) is 16.4. The van der Waals surface area contributed by atoms with Crippen molar-refractivity contribution in [2.45, 2.75) is 31.7 Å². The number of carbonyl (C=O) groups is 1. The maximum atomic E-state index is 12.7. The molecule has 2 aliphatic rings. The molecule has 0 spiro atoms. The van der Waals surface area contributed by atoms with E-state index in [9.17, 15) is 4.79 Å². The monoisotopic (exact) mass is 345 g/mol. The number of nitrogens with one attached hydrogen (secondary N) is 1. The van der Waals surface area contributed by atoms with Crippen LogP contribution in [0.5, 0.6) is 0 Å². The molecular formula is C18H23N3O2S. The summed E-state index contributed by atoms with van der Waals surface area (Å²) in [6.45, 7) is 3.11. The number of hydrogen-bond acceptors (Lipinski definition) is 4. The van der Waals surface area contributed by atoms with E-state index in [1.54, 1.807) is 11.3 Å². The highest BCUT2D eigenvalue weighted by molar-refractivity contribution is 7.18. The minimum Gasteiger partial charge on any atom is -0.381 e. The summed E-state index contributed by atoms with van der Waals surface area (Å²) in [4.78, 5) is 19.5. The van der Waals surface area contributed by atoms with Gasteiger partial charge in [-0.1, -0.05) is 12.1 Å². The highest BCUT2D eigenvalue weighted by atomic mass is 32.1. The molecule has 2 atom stereocenters. The number of rotatable bonds is 3. The highest BCUT2D eigenvalue weighted by Crippen LogP contribution is 2.35. The van der Waals surface area contributed by atoms with E-state index in [1.807, 2.05) is 23.1 Å². The molecule has 2 amide bonds. The lowest BCUT2D eigenvalue weighted by molar-refractivity contribution is 0.148. The van der Waals surface area contributed by atoms with Gasteiger partial charge in [-0.25, -0.2) is 9.78 Å². The van der Waals surface area contributed by atoms with E-state index in [2.05, 4.69) is 11.4 Å². The van der Waals surface area contributed by atoms with Crippen molar-refractivity contribution in [3.8, 4) is 0 Å². The number of amides is 2. The number of hydrogen-bond donors (Lipinski definition) is 1. The van der Waals surface area contributed by atoms with Crippen molar-refractivity contribution in [3.05, 3.63) is 29.3 Å². The number of nitrogens with zero attached hydrogens (tertiary/aromatic N) is 2. The van der Waals surface area contributed by atoms with Crippen LogP contribution in [0.1, 0.15) is 36.7 Å². The van der Waals surface area contributed by atoms with Crippen molar-refractivity contribution in [2.75, 3.05) is 26.3 Å². The molecule has 0 bridgehead atoms. The Morgan fingerprint density at radius 2 is 2.25 bits per heavy atom. The lowest BCUT2D eigenvalue weighted by Gasteiger charge is -2.34. The minimum absolute atomic E-state index is 0.0471. The zero-order valence-electron chi connectivity index (χ0n) is 13.7. The predicted octanol–water partition coefficient (Wildman–Crippen LogP) is 3.57. The van der Waals surface area contributed by atoms with Gasteiger partial charge in [0.2, 0.25) is 0 Å². The van der Waals surface area contributed by atoms with E-state index in [-0.39, 0.29) is 12.1 Å². The molecule has 2 fully saturated rings. The summed E-state index contributed by atoms with van der Waals surface area (Å²) in [5, 5.41) is 4.18. The fourth-order valence-electron chi connectivity index (χ4n) is 3.54. The second-order valence-electron chi connectivity index (χ2n) is 6.64. The molecular weight excluding hydrogens is 322 g/mol. The number of carbonyl (C=O) groups excluding carboxylic acids is 1. The van der Waals surface area contributed by atoms with E-state index < -0.39 is 0 Å². The van der Waals surface area contributed by atoms with Gasteiger partial charge in [-0.15, -0.1) is 11.3 Å². The molecule has 4 rings (SSSR count). The average molecular weight is 345 g/mol. The van der Waals surface area contributed by atoms with Crippen molar-refractivity contribution >= 4 is 27.6 Å². The summed E-state index contributed by atoms with van der Waals surface area (Å²) >= 11 is 1.72. The topological polar surface area (TPSA) is 54.5 Å². The lowest BCUT2D eigenvalue weighted by atomic mass is 10.0. The van der Waals surface area contributed by atoms with E-state index in [0.29, 0.717) is 12.5 Å². The van der Waals surface area contributed by atoms with Crippen LogP contribution in [0.15, 0.2) is 24.3 Å². The number of ether oxygens (including phenoxy) is 1. The van der Waals surface area contributed by atoms with Crippen molar-refractivity contribution in [1.82, 2.24) is 15.2 Å². The van der Waals surface area contributed by atoms with E-state index >= 15 is 0 Å². The van der Waals surface area contributed by atoms with Crippen LogP contribution in [0.25, 0.3) is 10.2 Å². The Hall–Kier alpha value is -1.66. The molecule has 128 valence electrons. The predicted molar refractivity (Wildman–Crippen MR) is 95.2 cm³/mol. The number of benzene rings is 1. The SMILES string of the molecule is O=C(NC[C@@H]1CCOC1)N1CCCC[C@H]1c1nc2ccccc2s1. The molecule has 0 unspecified atom stereocenters. The summed E-state index contributed by atoms with van der Waals surface area (Å²) in [5.74, 6) is 0.458. The van der Waals surface area contributed by atoms with Crippen LogP contribution in [0, 0.1) is 5.92 Å². The first-order valence-corrected chi connectivity index (χ1v) is 9.60. The Labute approximate surface area is 146 Å². The van der Waals surface area contributed by atoms with Gasteiger partial charge in [-0.3, -0.25) is 0 Å².